The summed E-state index contributed by atoms with van der Waals surface area (Å²) in [6.07, 6.45) is 6.12. The molecule has 1 saturated carbocycles. The SMILES string of the molecule is O=S(=O)(N[C@@H]1CCCC[C@@H]1O)c1ccc(-c2ccnc3[nH]ccc23)cc1. The maximum Gasteiger partial charge on any atom is 0.240 e. The number of fused-ring (bicyclic) bond motifs is 1. The molecule has 4 rings (SSSR count). The van der Waals surface area contributed by atoms with E-state index in [-0.39, 0.29) is 4.90 Å². The van der Waals surface area contributed by atoms with Gasteiger partial charge < -0.3 is 10.1 Å². The monoisotopic (exact) mass is 371 g/mol. The van der Waals surface area contributed by atoms with Crippen molar-refractivity contribution in [3.05, 3.63) is 48.8 Å². The van der Waals surface area contributed by atoms with Crippen molar-refractivity contribution in [1.29, 1.82) is 0 Å². The van der Waals surface area contributed by atoms with Crippen molar-refractivity contribution in [2.75, 3.05) is 0 Å². The van der Waals surface area contributed by atoms with Crippen molar-refractivity contribution in [3.63, 3.8) is 0 Å². The molecule has 2 aromatic heterocycles. The summed E-state index contributed by atoms with van der Waals surface area (Å²) in [5, 5.41) is 11.0. The van der Waals surface area contributed by atoms with Gasteiger partial charge in [-0.15, -0.1) is 0 Å². The van der Waals surface area contributed by atoms with Crippen LogP contribution in [0.3, 0.4) is 0 Å². The van der Waals surface area contributed by atoms with E-state index in [0.29, 0.717) is 12.8 Å². The molecule has 0 spiro atoms. The lowest BCUT2D eigenvalue weighted by atomic mass is 9.93. The van der Waals surface area contributed by atoms with Gasteiger partial charge >= 0.3 is 0 Å². The van der Waals surface area contributed by atoms with Crippen molar-refractivity contribution in [1.82, 2.24) is 14.7 Å². The first-order valence-corrected chi connectivity index (χ1v) is 10.3. The van der Waals surface area contributed by atoms with Gasteiger partial charge in [-0.3, -0.25) is 0 Å². The molecule has 7 heteroatoms. The van der Waals surface area contributed by atoms with E-state index < -0.39 is 22.2 Å². The average molecular weight is 371 g/mol. The van der Waals surface area contributed by atoms with Gasteiger partial charge in [-0.1, -0.05) is 25.0 Å². The number of hydrogen-bond acceptors (Lipinski definition) is 4. The third kappa shape index (κ3) is 3.25. The van der Waals surface area contributed by atoms with Crippen LogP contribution in [0.15, 0.2) is 53.7 Å². The van der Waals surface area contributed by atoms with Crippen molar-refractivity contribution in [2.24, 2.45) is 0 Å². The molecule has 3 aromatic rings. The number of nitrogens with zero attached hydrogens (tertiary/aromatic N) is 1. The fourth-order valence-corrected chi connectivity index (χ4v) is 4.85. The van der Waals surface area contributed by atoms with Gasteiger partial charge in [0.15, 0.2) is 0 Å². The maximum atomic E-state index is 12.6. The molecule has 0 unspecified atom stereocenters. The summed E-state index contributed by atoms with van der Waals surface area (Å²) in [7, 11) is -3.65. The highest BCUT2D eigenvalue weighted by molar-refractivity contribution is 7.89. The summed E-state index contributed by atoms with van der Waals surface area (Å²) in [5.41, 5.74) is 2.72. The lowest BCUT2D eigenvalue weighted by Gasteiger charge is -2.28. The standard InChI is InChI=1S/C19H21N3O3S/c23-18-4-2-1-3-17(18)22-26(24,25)14-7-5-13(6-8-14)15-9-11-20-19-16(15)10-12-21-19/h5-12,17-18,22-23H,1-4H2,(H,20,21)/t17-,18+/m1/s1. The van der Waals surface area contributed by atoms with Gasteiger partial charge in [0.2, 0.25) is 10.0 Å². The summed E-state index contributed by atoms with van der Waals surface area (Å²) >= 11 is 0. The molecule has 3 N–H and O–H groups in total. The fourth-order valence-electron chi connectivity index (χ4n) is 3.54. The van der Waals surface area contributed by atoms with Crippen LogP contribution in [0.2, 0.25) is 0 Å². The van der Waals surface area contributed by atoms with Gasteiger partial charge in [-0.2, -0.15) is 0 Å². The van der Waals surface area contributed by atoms with Gasteiger partial charge in [0.1, 0.15) is 5.65 Å². The van der Waals surface area contributed by atoms with Crippen LogP contribution in [0.1, 0.15) is 25.7 Å². The number of rotatable bonds is 4. The first-order valence-electron chi connectivity index (χ1n) is 8.77. The van der Waals surface area contributed by atoms with Crippen molar-refractivity contribution < 1.29 is 13.5 Å². The van der Waals surface area contributed by atoms with E-state index in [1.807, 2.05) is 18.3 Å². The Labute approximate surface area is 152 Å². The molecular weight excluding hydrogens is 350 g/mol. The Balaban J connectivity index is 1.60. The third-order valence-electron chi connectivity index (χ3n) is 4.97. The Kier molecular flexibility index (Phi) is 4.52. The second-order valence-corrected chi connectivity index (χ2v) is 8.42. The quantitative estimate of drug-likeness (QED) is 0.657. The van der Waals surface area contributed by atoms with Gasteiger partial charge in [-0.05, 0) is 48.2 Å². The minimum absolute atomic E-state index is 0.207. The van der Waals surface area contributed by atoms with Crippen LogP contribution in [0.5, 0.6) is 0 Å². The Morgan fingerprint density at radius 2 is 1.85 bits per heavy atom. The van der Waals surface area contributed by atoms with Crippen molar-refractivity contribution in [2.45, 2.75) is 42.7 Å². The smallest absolute Gasteiger partial charge is 0.240 e. The highest BCUT2D eigenvalue weighted by atomic mass is 32.2. The van der Waals surface area contributed by atoms with Crippen LogP contribution in [0, 0.1) is 0 Å². The average Bonchev–Trinajstić information content (AvgIpc) is 3.12. The molecule has 1 aliphatic rings. The number of H-pyrrole nitrogens is 1. The molecule has 0 radical (unpaired) electrons. The molecule has 2 atom stereocenters. The number of nitrogens with one attached hydrogen (secondary N) is 2. The highest BCUT2D eigenvalue weighted by Gasteiger charge is 2.28. The van der Waals surface area contributed by atoms with E-state index in [2.05, 4.69) is 14.7 Å². The largest absolute Gasteiger partial charge is 0.391 e. The van der Waals surface area contributed by atoms with Crippen molar-refractivity contribution >= 4 is 21.1 Å². The number of benzene rings is 1. The van der Waals surface area contributed by atoms with E-state index in [1.54, 1.807) is 30.5 Å². The number of aromatic nitrogens is 2. The summed E-state index contributed by atoms with van der Waals surface area (Å²) < 4.78 is 27.9. The zero-order valence-electron chi connectivity index (χ0n) is 14.2. The third-order valence-corrected chi connectivity index (χ3v) is 6.48. The van der Waals surface area contributed by atoms with Crippen LogP contribution >= 0.6 is 0 Å². The molecule has 2 heterocycles. The normalized spacial score (nSPS) is 21.1. The second kappa shape index (κ2) is 6.83. The Morgan fingerprint density at radius 3 is 2.62 bits per heavy atom. The van der Waals surface area contributed by atoms with Crippen LogP contribution in [-0.4, -0.2) is 35.6 Å². The molecule has 1 fully saturated rings. The van der Waals surface area contributed by atoms with E-state index in [1.165, 1.54) is 0 Å². The number of aliphatic hydroxyl groups excluding tert-OH is 1. The lowest BCUT2D eigenvalue weighted by molar-refractivity contribution is 0.101. The fraction of sp³-hybridized carbons (Fsp3) is 0.316. The summed E-state index contributed by atoms with van der Waals surface area (Å²) in [6, 6.07) is 10.3. The van der Waals surface area contributed by atoms with Crippen LogP contribution in [-0.2, 0) is 10.0 Å². The van der Waals surface area contributed by atoms with Crippen LogP contribution in [0.4, 0.5) is 0 Å². The first-order chi connectivity index (χ1) is 12.5. The van der Waals surface area contributed by atoms with Gasteiger partial charge in [0, 0.05) is 23.8 Å². The number of aromatic amines is 1. The Bertz CT molecular complexity index is 1010. The number of hydrogen-bond donors (Lipinski definition) is 3. The topological polar surface area (TPSA) is 95.1 Å². The summed E-state index contributed by atoms with van der Waals surface area (Å²) in [6.45, 7) is 0. The molecule has 136 valence electrons. The van der Waals surface area contributed by atoms with Crippen molar-refractivity contribution in [3.8, 4) is 11.1 Å². The summed E-state index contributed by atoms with van der Waals surface area (Å²) in [4.78, 5) is 7.55. The minimum atomic E-state index is -3.65. The molecule has 6 nitrogen and oxygen atoms in total. The van der Waals surface area contributed by atoms with Gasteiger partial charge in [-0.25, -0.2) is 18.1 Å². The van der Waals surface area contributed by atoms with E-state index in [4.69, 9.17) is 0 Å². The highest BCUT2D eigenvalue weighted by Crippen LogP contribution is 2.28. The van der Waals surface area contributed by atoms with Gasteiger partial charge in [0.25, 0.3) is 0 Å². The van der Waals surface area contributed by atoms with E-state index in [0.717, 1.165) is 35.0 Å². The molecule has 0 aliphatic heterocycles. The lowest BCUT2D eigenvalue weighted by Crippen LogP contribution is -2.44. The Hall–Kier alpha value is -2.22. The predicted molar refractivity (Wildman–Crippen MR) is 100 cm³/mol. The number of sulfonamides is 1. The first kappa shape index (κ1) is 17.2. The van der Waals surface area contributed by atoms with Gasteiger partial charge in [0.05, 0.1) is 11.0 Å². The molecule has 1 aromatic carbocycles. The van der Waals surface area contributed by atoms with E-state index in [9.17, 15) is 13.5 Å². The molecule has 0 amide bonds. The predicted octanol–water partition coefficient (Wildman–Crippen LogP) is 2.81. The number of pyridine rings is 1. The second-order valence-electron chi connectivity index (χ2n) is 6.70. The molecule has 1 aliphatic carbocycles. The number of aliphatic hydroxyl groups is 1. The maximum absolute atomic E-state index is 12.6. The molecule has 26 heavy (non-hydrogen) atoms. The molecule has 0 saturated heterocycles. The van der Waals surface area contributed by atoms with Crippen LogP contribution < -0.4 is 4.72 Å². The zero-order valence-corrected chi connectivity index (χ0v) is 15.0. The minimum Gasteiger partial charge on any atom is -0.391 e. The molecule has 0 bridgehead atoms. The van der Waals surface area contributed by atoms with Crippen LogP contribution in [0.25, 0.3) is 22.2 Å². The summed E-state index contributed by atoms with van der Waals surface area (Å²) in [5.74, 6) is 0. The molecular formula is C19H21N3O3S. The zero-order chi connectivity index (χ0) is 18.1. The Morgan fingerprint density at radius 1 is 1.08 bits per heavy atom. The van der Waals surface area contributed by atoms with E-state index >= 15 is 0 Å².